The minimum Gasteiger partial charge on any atom is -0.394 e. The van der Waals surface area contributed by atoms with Crippen molar-refractivity contribution in [3.05, 3.63) is 67.8 Å². The Morgan fingerprint density at radius 1 is 0.711 bits per heavy atom. The van der Waals surface area contributed by atoms with Crippen LogP contribution in [0.25, 0.3) is 0 Å². The van der Waals surface area contributed by atoms with Gasteiger partial charge in [-0.25, -0.2) is 4.79 Å². The van der Waals surface area contributed by atoms with Crippen LogP contribution in [0.3, 0.4) is 0 Å². The Kier molecular flexibility index (Phi) is 6.48. The number of hydrogen-bond donors (Lipinski definition) is 0. The lowest BCUT2D eigenvalue weighted by Gasteiger charge is -2.45. The van der Waals surface area contributed by atoms with E-state index in [2.05, 4.69) is 9.80 Å². The summed E-state index contributed by atoms with van der Waals surface area (Å²) in [6.07, 6.45) is 3.05. The van der Waals surface area contributed by atoms with Gasteiger partial charge in [-0.3, -0.25) is 20.2 Å². The Balaban J connectivity index is 1.27. The van der Waals surface area contributed by atoms with Crippen molar-refractivity contribution in [1.29, 1.82) is 0 Å². The zero-order valence-electron chi connectivity index (χ0n) is 21.0. The molecule has 2 aromatic carbocycles. The summed E-state index contributed by atoms with van der Waals surface area (Å²) in [5.41, 5.74) is 1.20. The van der Waals surface area contributed by atoms with Gasteiger partial charge >= 0.3 is 6.16 Å². The summed E-state index contributed by atoms with van der Waals surface area (Å²) >= 11 is 0. The van der Waals surface area contributed by atoms with E-state index in [-0.39, 0.29) is 34.7 Å². The van der Waals surface area contributed by atoms with Crippen molar-refractivity contribution in [3.8, 4) is 11.5 Å². The molecule has 6 saturated heterocycles. The Hall–Kier alpha value is -3.57. The van der Waals surface area contributed by atoms with E-state index in [1.165, 1.54) is 36.4 Å². The number of fused-ring (bicyclic) bond motifs is 6. The summed E-state index contributed by atoms with van der Waals surface area (Å²) in [4.78, 5) is 39.9. The molecule has 4 bridgehead atoms. The molecular weight excluding hydrogens is 492 g/mol. The summed E-state index contributed by atoms with van der Waals surface area (Å²) < 4.78 is 11.4. The maximum Gasteiger partial charge on any atom is 0.519 e. The van der Waals surface area contributed by atoms with E-state index in [4.69, 9.17) is 9.47 Å². The lowest BCUT2D eigenvalue weighted by atomic mass is 9.75. The summed E-state index contributed by atoms with van der Waals surface area (Å²) in [5.74, 6) is 1.32. The van der Waals surface area contributed by atoms with Crippen molar-refractivity contribution >= 4 is 17.5 Å². The average molecular weight is 523 g/mol. The van der Waals surface area contributed by atoms with Crippen LogP contribution in [0.15, 0.2) is 36.4 Å². The molecule has 0 saturated carbocycles. The van der Waals surface area contributed by atoms with Gasteiger partial charge in [-0.15, -0.1) is 0 Å². The monoisotopic (exact) mass is 522 g/mol. The first-order chi connectivity index (χ1) is 18.4. The molecule has 11 nitrogen and oxygen atoms in total. The van der Waals surface area contributed by atoms with Gasteiger partial charge in [-0.05, 0) is 75.8 Å². The third-order valence-corrected chi connectivity index (χ3v) is 8.91. The predicted octanol–water partition coefficient (Wildman–Crippen LogP) is 4.70. The van der Waals surface area contributed by atoms with Gasteiger partial charge in [0.2, 0.25) is 0 Å². The molecule has 8 rings (SSSR count). The first-order valence-corrected chi connectivity index (χ1v) is 13.3. The fraction of sp³-hybridized carbons (Fsp3) is 0.519. The summed E-state index contributed by atoms with van der Waals surface area (Å²) in [7, 11) is 0. The minimum atomic E-state index is -0.960. The Morgan fingerprint density at radius 2 is 1.11 bits per heavy atom. The van der Waals surface area contributed by atoms with Crippen LogP contribution in [0.2, 0.25) is 0 Å². The molecule has 0 radical (unpaired) electrons. The second-order valence-corrected chi connectivity index (χ2v) is 10.9. The molecule has 6 aliphatic heterocycles. The molecule has 6 aliphatic rings. The van der Waals surface area contributed by atoms with Crippen LogP contribution in [0.1, 0.15) is 48.6 Å². The molecule has 0 unspecified atom stereocenters. The first kappa shape index (κ1) is 24.7. The van der Waals surface area contributed by atoms with Crippen molar-refractivity contribution in [1.82, 2.24) is 9.80 Å². The molecule has 0 amide bonds. The number of benzene rings is 2. The number of nitro groups is 2. The minimum absolute atomic E-state index is 0.0296. The van der Waals surface area contributed by atoms with Crippen LogP contribution in [-0.4, -0.2) is 65.1 Å². The number of rotatable bonds is 6. The van der Waals surface area contributed by atoms with Crippen LogP contribution < -0.4 is 9.47 Å². The van der Waals surface area contributed by atoms with E-state index in [1.54, 1.807) is 0 Å². The molecule has 0 aromatic heterocycles. The maximum atomic E-state index is 13.1. The Labute approximate surface area is 219 Å². The molecular formula is C27H30N4O7. The molecule has 200 valence electrons. The molecule has 0 spiro atoms. The van der Waals surface area contributed by atoms with Gasteiger partial charge in [0, 0.05) is 60.3 Å². The van der Waals surface area contributed by atoms with Crippen LogP contribution in [0, 0.1) is 32.1 Å². The van der Waals surface area contributed by atoms with Gasteiger partial charge in [0.15, 0.2) is 0 Å². The molecule has 2 aromatic rings. The van der Waals surface area contributed by atoms with E-state index in [9.17, 15) is 25.0 Å². The van der Waals surface area contributed by atoms with Crippen molar-refractivity contribution in [2.45, 2.75) is 37.5 Å². The number of nitro benzene ring substituents is 2. The summed E-state index contributed by atoms with van der Waals surface area (Å²) in [5, 5.41) is 23.0. The number of hydrogen-bond acceptors (Lipinski definition) is 9. The quantitative estimate of drug-likeness (QED) is 0.229. The first-order valence-electron chi connectivity index (χ1n) is 13.3. The van der Waals surface area contributed by atoms with Crippen LogP contribution in [-0.2, 0) is 0 Å². The maximum absolute atomic E-state index is 13.1. The van der Waals surface area contributed by atoms with Gasteiger partial charge in [0.1, 0.15) is 11.5 Å². The molecule has 2 atom stereocenters. The molecule has 6 fully saturated rings. The number of non-ortho nitro benzene ring substituents is 2. The molecule has 38 heavy (non-hydrogen) atoms. The van der Waals surface area contributed by atoms with Crippen molar-refractivity contribution in [2.75, 3.05) is 39.3 Å². The third kappa shape index (κ3) is 4.71. The third-order valence-electron chi connectivity index (χ3n) is 8.91. The van der Waals surface area contributed by atoms with Crippen LogP contribution in [0.4, 0.5) is 16.2 Å². The van der Waals surface area contributed by atoms with Crippen molar-refractivity contribution in [2.24, 2.45) is 11.8 Å². The highest BCUT2D eigenvalue weighted by Crippen LogP contribution is 2.45. The van der Waals surface area contributed by atoms with Crippen LogP contribution in [0.5, 0.6) is 11.5 Å². The van der Waals surface area contributed by atoms with E-state index in [1.807, 2.05) is 0 Å². The highest BCUT2D eigenvalue weighted by molar-refractivity contribution is 5.69. The normalized spacial score (nSPS) is 29.6. The van der Waals surface area contributed by atoms with Gasteiger partial charge in [-0.2, -0.15) is 0 Å². The zero-order chi connectivity index (χ0) is 26.4. The molecule has 11 heteroatoms. The SMILES string of the molecule is O=C(Oc1ccc([N+](=O)[O-])cc1[C@@H]1CN2CCC1CC2)Oc1ccc([N+](=O)[O-])cc1[C@@H]1CN2CCC1CC2. The second-order valence-electron chi connectivity index (χ2n) is 10.9. The molecule has 0 aliphatic carbocycles. The highest BCUT2D eigenvalue weighted by atomic mass is 16.7. The van der Waals surface area contributed by atoms with Gasteiger partial charge in [-0.1, -0.05) is 0 Å². The average Bonchev–Trinajstić information content (AvgIpc) is 2.94. The Bertz CT molecular complexity index is 1170. The summed E-state index contributed by atoms with van der Waals surface area (Å²) in [6, 6.07) is 8.63. The fourth-order valence-electron chi connectivity index (χ4n) is 6.90. The van der Waals surface area contributed by atoms with Gasteiger partial charge in [0.05, 0.1) is 9.85 Å². The number of carbonyl (C=O) groups excluding carboxylic acids is 1. The van der Waals surface area contributed by atoms with E-state index < -0.39 is 16.0 Å². The highest BCUT2D eigenvalue weighted by Gasteiger charge is 2.39. The zero-order valence-corrected chi connectivity index (χ0v) is 21.0. The van der Waals surface area contributed by atoms with E-state index in [0.29, 0.717) is 23.0 Å². The second kappa shape index (κ2) is 9.95. The lowest BCUT2D eigenvalue weighted by molar-refractivity contribution is -0.385. The molecule has 6 heterocycles. The molecule has 0 N–H and O–H groups in total. The van der Waals surface area contributed by atoms with Crippen LogP contribution >= 0.6 is 0 Å². The smallest absolute Gasteiger partial charge is 0.394 e. The van der Waals surface area contributed by atoms with Crippen molar-refractivity contribution in [3.63, 3.8) is 0 Å². The topological polar surface area (TPSA) is 128 Å². The largest absolute Gasteiger partial charge is 0.519 e. The fourth-order valence-corrected chi connectivity index (χ4v) is 6.90. The van der Waals surface area contributed by atoms with Crippen molar-refractivity contribution < 1.29 is 24.1 Å². The van der Waals surface area contributed by atoms with E-state index >= 15 is 0 Å². The number of nitrogens with zero attached hydrogens (tertiary/aromatic N) is 4. The lowest BCUT2D eigenvalue weighted by Crippen LogP contribution is -2.46. The number of piperidine rings is 6. The number of ether oxygens (including phenoxy) is 2. The van der Waals surface area contributed by atoms with E-state index in [0.717, 1.165) is 65.0 Å². The Morgan fingerprint density at radius 3 is 1.42 bits per heavy atom. The number of carbonyl (C=O) groups is 1. The van der Waals surface area contributed by atoms with Gasteiger partial charge < -0.3 is 19.3 Å². The predicted molar refractivity (Wildman–Crippen MR) is 137 cm³/mol. The summed E-state index contributed by atoms with van der Waals surface area (Å²) in [6.45, 7) is 5.58. The standard InChI is InChI=1S/C27H30N4O7/c32-27(37-25-3-1-19(30(33)34)13-21(25)23-15-28-9-5-17(23)6-10-28)38-26-4-2-20(31(35)36)14-22(26)24-16-29-11-7-18(24)8-12-29/h1-4,13-14,17-18,23-24H,5-12,15-16H2/t23-,24-/m1/s1. The van der Waals surface area contributed by atoms with Gasteiger partial charge in [0.25, 0.3) is 11.4 Å².